The van der Waals surface area contributed by atoms with Crippen LogP contribution < -0.4 is 15.8 Å². The van der Waals surface area contributed by atoms with Crippen molar-refractivity contribution in [2.75, 3.05) is 63.1 Å². The van der Waals surface area contributed by atoms with Gasteiger partial charge in [-0.15, -0.1) is 0 Å². The number of likely N-dealkylation sites (tertiary alicyclic amines) is 1. The predicted molar refractivity (Wildman–Crippen MR) is 173 cm³/mol. The highest BCUT2D eigenvalue weighted by Gasteiger charge is 2.27. The minimum atomic E-state index is -0.286. The lowest BCUT2D eigenvalue weighted by atomic mass is 9.98. The molecule has 226 valence electrons. The van der Waals surface area contributed by atoms with E-state index in [1.807, 2.05) is 47.9 Å². The summed E-state index contributed by atoms with van der Waals surface area (Å²) in [4.78, 5) is 30.6. The molecule has 0 unspecified atom stereocenters. The summed E-state index contributed by atoms with van der Waals surface area (Å²) in [5, 5.41) is 4.52. The summed E-state index contributed by atoms with van der Waals surface area (Å²) in [6, 6.07) is 12.6. The van der Waals surface area contributed by atoms with E-state index in [1.54, 1.807) is 6.20 Å². The van der Waals surface area contributed by atoms with Crippen molar-refractivity contribution in [3.63, 3.8) is 0 Å². The Kier molecular flexibility index (Phi) is 8.66. The lowest BCUT2D eigenvalue weighted by Crippen LogP contribution is -2.44. The lowest BCUT2D eigenvalue weighted by Gasteiger charge is -2.34. The number of nitrogens with one attached hydrogen (secondary N) is 1. The fourth-order valence-corrected chi connectivity index (χ4v) is 6.72. The van der Waals surface area contributed by atoms with E-state index >= 15 is 4.39 Å². The molecule has 0 spiro atoms. The van der Waals surface area contributed by atoms with Crippen LogP contribution >= 0.6 is 11.6 Å². The third kappa shape index (κ3) is 5.98. The molecule has 0 aliphatic carbocycles. The predicted octanol–water partition coefficient (Wildman–Crippen LogP) is 6.10. The molecule has 4 aromatic rings. The molecule has 2 saturated heterocycles. The van der Waals surface area contributed by atoms with Gasteiger partial charge in [-0.25, -0.2) is 9.37 Å². The first-order chi connectivity index (χ1) is 20.8. The highest BCUT2D eigenvalue weighted by molar-refractivity contribution is 6.33. The van der Waals surface area contributed by atoms with Crippen LogP contribution in [0, 0.1) is 12.7 Å². The Bertz CT molecular complexity index is 1680. The molecule has 0 amide bonds. The van der Waals surface area contributed by atoms with Crippen molar-refractivity contribution >= 4 is 40.0 Å². The summed E-state index contributed by atoms with van der Waals surface area (Å²) < 4.78 is 17.1. The van der Waals surface area contributed by atoms with Gasteiger partial charge in [-0.05, 0) is 76.2 Å². The van der Waals surface area contributed by atoms with E-state index in [9.17, 15) is 4.79 Å². The Balaban J connectivity index is 1.41. The van der Waals surface area contributed by atoms with Crippen molar-refractivity contribution < 1.29 is 4.39 Å². The molecular weight excluding hydrogens is 565 g/mol. The smallest absolute Gasteiger partial charge is 0.260 e. The molecule has 2 aromatic heterocycles. The second-order valence-electron chi connectivity index (χ2n) is 11.8. The molecule has 43 heavy (non-hydrogen) atoms. The van der Waals surface area contributed by atoms with Crippen molar-refractivity contribution in [3.05, 3.63) is 75.4 Å². The molecule has 0 radical (unpaired) electrons. The van der Waals surface area contributed by atoms with Gasteiger partial charge < -0.3 is 20.0 Å². The topological polar surface area (TPSA) is 69.5 Å². The quantitative estimate of drug-likeness (QED) is 0.274. The first kappa shape index (κ1) is 29.5. The number of rotatable bonds is 7. The number of hydrogen-bond donors (Lipinski definition) is 1. The number of pyridine rings is 1. The molecule has 1 N–H and O–H groups in total. The molecule has 0 saturated carbocycles. The molecule has 2 aromatic carbocycles. The Morgan fingerprint density at radius 1 is 1.09 bits per heavy atom. The van der Waals surface area contributed by atoms with Gasteiger partial charge >= 0.3 is 0 Å². The number of anilines is 3. The number of fused-ring (bicyclic) bond motifs is 1. The zero-order valence-corrected chi connectivity index (χ0v) is 25.9. The standard InChI is InChI=1S/C33H39ClFN7O/c1-4-13-40-14-7-8-24(21-40)42-31-26(22(2)30(32(42)43)25-9-5-6-10-27(25)34)20-36-33(38-31)37-23-11-12-29(28(35)19-23)41-17-15-39(3)16-18-41/h5-6,9-12,19-20,24H,4,7-8,13-18,21H2,1-3H3,(H,36,37,38)/t24-/m0/s1. The minimum absolute atomic E-state index is 0.0415. The maximum atomic E-state index is 15.2. The summed E-state index contributed by atoms with van der Waals surface area (Å²) >= 11 is 6.62. The van der Waals surface area contributed by atoms with E-state index in [-0.39, 0.29) is 17.4 Å². The van der Waals surface area contributed by atoms with Crippen molar-refractivity contribution in [1.82, 2.24) is 24.3 Å². The van der Waals surface area contributed by atoms with E-state index in [1.165, 1.54) is 6.07 Å². The van der Waals surface area contributed by atoms with Gasteiger partial charge in [0, 0.05) is 60.6 Å². The summed E-state index contributed by atoms with van der Waals surface area (Å²) in [6.07, 6.45) is 4.70. The largest absolute Gasteiger partial charge is 0.367 e. The number of aromatic nitrogens is 3. The van der Waals surface area contributed by atoms with Crippen molar-refractivity contribution in [3.8, 4) is 11.1 Å². The van der Waals surface area contributed by atoms with Gasteiger partial charge in [0.1, 0.15) is 11.5 Å². The van der Waals surface area contributed by atoms with Crippen molar-refractivity contribution in [2.24, 2.45) is 0 Å². The Hall–Kier alpha value is -3.53. The second kappa shape index (κ2) is 12.6. The van der Waals surface area contributed by atoms with E-state index in [4.69, 9.17) is 16.6 Å². The Labute approximate surface area is 257 Å². The van der Waals surface area contributed by atoms with Gasteiger partial charge in [0.05, 0.1) is 17.3 Å². The average Bonchev–Trinajstić information content (AvgIpc) is 2.99. The highest BCUT2D eigenvalue weighted by atomic mass is 35.5. The van der Waals surface area contributed by atoms with Crippen molar-refractivity contribution in [1.29, 1.82) is 0 Å². The van der Waals surface area contributed by atoms with Crippen LogP contribution in [0.15, 0.2) is 53.5 Å². The molecule has 4 heterocycles. The van der Waals surface area contributed by atoms with Gasteiger partial charge in [-0.2, -0.15) is 4.98 Å². The molecule has 2 aliphatic rings. The zero-order chi connectivity index (χ0) is 30.1. The van der Waals surface area contributed by atoms with E-state index in [0.29, 0.717) is 39.1 Å². The third-order valence-corrected chi connectivity index (χ3v) is 9.11. The van der Waals surface area contributed by atoms with Gasteiger partial charge in [0.25, 0.3) is 5.56 Å². The minimum Gasteiger partial charge on any atom is -0.367 e. The normalized spacial score (nSPS) is 18.3. The summed E-state index contributed by atoms with van der Waals surface area (Å²) in [6.45, 7) is 10.3. The van der Waals surface area contributed by atoms with Crippen LogP contribution in [-0.4, -0.2) is 77.2 Å². The number of benzene rings is 2. The number of hydrogen-bond acceptors (Lipinski definition) is 7. The van der Waals surface area contributed by atoms with Gasteiger partial charge in [0.15, 0.2) is 0 Å². The monoisotopic (exact) mass is 603 g/mol. The first-order valence-electron chi connectivity index (χ1n) is 15.2. The number of likely N-dealkylation sites (N-methyl/N-ethyl adjacent to an activating group) is 1. The molecule has 0 bridgehead atoms. The van der Waals surface area contributed by atoms with Crippen LogP contribution in [0.5, 0.6) is 0 Å². The molecule has 1 atom stereocenters. The van der Waals surface area contributed by atoms with Crippen LogP contribution in [0.2, 0.25) is 5.02 Å². The SMILES string of the molecule is CCCN1CCC[C@H](n2c(=O)c(-c3ccccc3Cl)c(C)c3cnc(Nc4ccc(N5CCN(C)CC5)c(F)c4)nc32)C1. The molecule has 2 fully saturated rings. The number of aryl methyl sites for hydroxylation is 1. The van der Waals surface area contributed by atoms with Crippen LogP contribution in [0.25, 0.3) is 22.2 Å². The number of piperidine rings is 1. The van der Waals surface area contributed by atoms with Gasteiger partial charge in [-0.1, -0.05) is 36.7 Å². The summed E-state index contributed by atoms with van der Waals surface area (Å²) in [5.74, 6) is 0.0317. The van der Waals surface area contributed by atoms with E-state index in [0.717, 1.165) is 76.0 Å². The molecule has 8 nitrogen and oxygen atoms in total. The molecule has 10 heteroatoms. The fraction of sp³-hybridized carbons (Fsp3) is 0.424. The van der Waals surface area contributed by atoms with Crippen LogP contribution in [0.4, 0.5) is 21.7 Å². The second-order valence-corrected chi connectivity index (χ2v) is 12.2. The van der Waals surface area contributed by atoms with E-state index in [2.05, 4.69) is 39.0 Å². The Morgan fingerprint density at radius 2 is 1.88 bits per heavy atom. The number of piperazine rings is 1. The molecule has 2 aliphatic heterocycles. The average molecular weight is 604 g/mol. The van der Waals surface area contributed by atoms with Crippen LogP contribution in [-0.2, 0) is 0 Å². The maximum Gasteiger partial charge on any atom is 0.260 e. The highest BCUT2D eigenvalue weighted by Crippen LogP contribution is 2.34. The lowest BCUT2D eigenvalue weighted by molar-refractivity contribution is 0.178. The summed E-state index contributed by atoms with van der Waals surface area (Å²) in [7, 11) is 2.08. The van der Waals surface area contributed by atoms with Gasteiger partial charge in [0.2, 0.25) is 5.95 Å². The van der Waals surface area contributed by atoms with Crippen LogP contribution in [0.3, 0.4) is 0 Å². The Morgan fingerprint density at radius 3 is 2.63 bits per heavy atom. The van der Waals surface area contributed by atoms with Crippen molar-refractivity contribution in [2.45, 2.75) is 39.2 Å². The number of nitrogens with zero attached hydrogens (tertiary/aromatic N) is 6. The zero-order valence-electron chi connectivity index (χ0n) is 25.1. The third-order valence-electron chi connectivity index (χ3n) is 8.79. The molecule has 6 rings (SSSR count). The first-order valence-corrected chi connectivity index (χ1v) is 15.6. The molecular formula is C33H39ClFN7O. The fourth-order valence-electron chi connectivity index (χ4n) is 6.49. The summed E-state index contributed by atoms with van der Waals surface area (Å²) in [5.41, 5.74) is 3.71. The van der Waals surface area contributed by atoms with Gasteiger partial charge in [-0.3, -0.25) is 9.36 Å². The van der Waals surface area contributed by atoms with E-state index < -0.39 is 0 Å². The maximum absolute atomic E-state index is 15.2. The van der Waals surface area contributed by atoms with Crippen LogP contribution in [0.1, 0.15) is 37.8 Å². The number of halogens is 2.